The van der Waals surface area contributed by atoms with Gasteiger partial charge in [-0.15, -0.1) is 0 Å². The minimum atomic E-state index is -4.61. The molecule has 0 aliphatic heterocycles. The molecular formula is C26H27F3N2O4. The van der Waals surface area contributed by atoms with Crippen molar-refractivity contribution in [2.75, 3.05) is 7.11 Å². The highest BCUT2D eigenvalue weighted by Gasteiger charge is 2.32. The fourth-order valence-corrected chi connectivity index (χ4v) is 3.91. The van der Waals surface area contributed by atoms with Gasteiger partial charge < -0.3 is 15.1 Å². The first-order valence-electron chi connectivity index (χ1n) is 11.0. The van der Waals surface area contributed by atoms with Crippen molar-refractivity contribution in [3.8, 4) is 16.9 Å². The van der Waals surface area contributed by atoms with Crippen molar-refractivity contribution in [2.45, 2.75) is 45.5 Å². The molecule has 1 amide bonds. The Morgan fingerprint density at radius 3 is 2.37 bits per heavy atom. The molecule has 0 saturated carbocycles. The van der Waals surface area contributed by atoms with E-state index in [4.69, 9.17) is 4.74 Å². The summed E-state index contributed by atoms with van der Waals surface area (Å²) in [5.74, 6) is 0.616. The average molecular weight is 489 g/mol. The number of hydrogen-bond donors (Lipinski definition) is 1. The number of pyridine rings is 1. The summed E-state index contributed by atoms with van der Waals surface area (Å²) >= 11 is 0. The Hall–Kier alpha value is -3.75. The van der Waals surface area contributed by atoms with Crippen LogP contribution >= 0.6 is 0 Å². The van der Waals surface area contributed by atoms with Gasteiger partial charge in [0.15, 0.2) is 12.4 Å². The van der Waals surface area contributed by atoms with Crippen LogP contribution in [0.1, 0.15) is 55.0 Å². The Kier molecular flexibility index (Phi) is 7.57. The van der Waals surface area contributed by atoms with Gasteiger partial charge >= 0.3 is 12.3 Å². The molecule has 0 spiro atoms. The van der Waals surface area contributed by atoms with Gasteiger partial charge in [0.25, 0.3) is 0 Å². The van der Waals surface area contributed by atoms with E-state index in [9.17, 15) is 28.3 Å². The second-order valence-corrected chi connectivity index (χ2v) is 8.57. The number of methoxy groups -OCH3 is 1. The number of ether oxygens (including phenoxy) is 1. The molecule has 1 unspecified atom stereocenters. The third kappa shape index (κ3) is 5.85. The zero-order chi connectivity index (χ0) is 25.9. The van der Waals surface area contributed by atoms with E-state index in [1.54, 1.807) is 19.1 Å². The number of halogens is 3. The summed E-state index contributed by atoms with van der Waals surface area (Å²) in [6.45, 7) is 5.24. The molecule has 6 nitrogen and oxygen atoms in total. The van der Waals surface area contributed by atoms with E-state index in [0.29, 0.717) is 27.2 Å². The summed E-state index contributed by atoms with van der Waals surface area (Å²) in [4.78, 5) is 13.2. The molecule has 1 aromatic heterocycles. The number of aromatic nitrogens is 1. The maximum atomic E-state index is 13.6. The monoisotopic (exact) mass is 488 g/mol. The lowest BCUT2D eigenvalue weighted by atomic mass is 9.92. The third-order valence-electron chi connectivity index (χ3n) is 5.95. The molecule has 186 valence electrons. The molecule has 1 N–H and O–H groups in total. The van der Waals surface area contributed by atoms with Crippen LogP contribution in [0.25, 0.3) is 11.1 Å². The van der Waals surface area contributed by atoms with Crippen molar-refractivity contribution in [2.24, 2.45) is 0 Å². The number of carboxylic acid groups (broad SMARTS) is 1. The lowest BCUT2D eigenvalue weighted by Crippen LogP contribution is -2.34. The Balaban J connectivity index is 2.17. The van der Waals surface area contributed by atoms with Gasteiger partial charge in [0.1, 0.15) is 5.75 Å². The summed E-state index contributed by atoms with van der Waals surface area (Å²) in [5.41, 5.74) is 1.65. The molecule has 0 saturated heterocycles. The van der Waals surface area contributed by atoms with E-state index in [1.807, 2.05) is 26.0 Å². The minimum absolute atomic E-state index is 0.157. The molecule has 0 radical (unpaired) electrons. The topological polar surface area (TPSA) is 76.7 Å². The van der Waals surface area contributed by atoms with Gasteiger partial charge in [-0.2, -0.15) is 17.9 Å². The van der Waals surface area contributed by atoms with Crippen LogP contribution in [0.5, 0.6) is 5.75 Å². The number of rotatable bonds is 7. The Labute approximate surface area is 201 Å². The van der Waals surface area contributed by atoms with Gasteiger partial charge in [0, 0.05) is 17.2 Å². The summed E-state index contributed by atoms with van der Waals surface area (Å²) < 4.78 is 46.8. The molecule has 3 aromatic rings. The summed E-state index contributed by atoms with van der Waals surface area (Å²) in [6, 6.07) is 11.1. The van der Waals surface area contributed by atoms with E-state index < -0.39 is 23.9 Å². The van der Waals surface area contributed by atoms with E-state index in [0.717, 1.165) is 22.6 Å². The van der Waals surface area contributed by atoms with Crippen LogP contribution in [0.15, 0.2) is 60.9 Å². The molecular weight excluding hydrogens is 461 g/mol. The van der Waals surface area contributed by atoms with Crippen LogP contribution in [0, 0.1) is 5.21 Å². The first-order valence-corrected chi connectivity index (χ1v) is 11.0. The Morgan fingerprint density at radius 1 is 1.09 bits per heavy atom. The Morgan fingerprint density at radius 2 is 1.80 bits per heavy atom. The van der Waals surface area contributed by atoms with Gasteiger partial charge in [-0.3, -0.25) is 4.90 Å². The summed E-state index contributed by atoms with van der Waals surface area (Å²) in [5, 5.41) is 21.6. The standard InChI is InChI=1S/C26H27F3N2O4/c1-16(2)18-7-10-24(35-4)23(13-18)22-9-8-21(26(27,28)29)12-20(22)15-31(25(32)33)17(3)19-6-5-11-30(34)14-19/h5-14,16-17H,15H2,1-4H3,(H,32,33). The lowest BCUT2D eigenvalue weighted by molar-refractivity contribution is -0.606. The van der Waals surface area contributed by atoms with Crippen LogP contribution in [0.3, 0.4) is 0 Å². The second kappa shape index (κ2) is 10.2. The van der Waals surface area contributed by atoms with Gasteiger partial charge in [0.2, 0.25) is 0 Å². The van der Waals surface area contributed by atoms with E-state index in [-0.39, 0.29) is 18.0 Å². The molecule has 2 aromatic carbocycles. The largest absolute Gasteiger partial charge is 0.619 e. The smallest absolute Gasteiger partial charge is 0.416 e. The number of nitrogens with zero attached hydrogens (tertiary/aromatic N) is 2. The number of hydrogen-bond acceptors (Lipinski definition) is 3. The highest BCUT2D eigenvalue weighted by Crippen LogP contribution is 2.39. The first kappa shape index (κ1) is 25.9. The summed E-state index contributed by atoms with van der Waals surface area (Å²) in [7, 11) is 1.47. The van der Waals surface area contributed by atoms with Crippen molar-refractivity contribution >= 4 is 6.09 Å². The maximum Gasteiger partial charge on any atom is 0.416 e. The molecule has 0 bridgehead atoms. The fourth-order valence-electron chi connectivity index (χ4n) is 3.91. The van der Waals surface area contributed by atoms with Gasteiger partial charge in [0.05, 0.1) is 25.3 Å². The Bertz CT molecular complexity index is 1210. The zero-order valence-electron chi connectivity index (χ0n) is 19.8. The summed E-state index contributed by atoms with van der Waals surface area (Å²) in [6.07, 6.45) is -3.43. The van der Waals surface area contributed by atoms with Crippen LogP contribution in [0.4, 0.5) is 18.0 Å². The van der Waals surface area contributed by atoms with Gasteiger partial charge in [-0.25, -0.2) is 4.79 Å². The van der Waals surface area contributed by atoms with Crippen LogP contribution in [-0.4, -0.2) is 23.2 Å². The average Bonchev–Trinajstić information content (AvgIpc) is 2.80. The quantitative estimate of drug-likeness (QED) is 0.309. The minimum Gasteiger partial charge on any atom is -0.619 e. The van der Waals surface area contributed by atoms with Crippen molar-refractivity contribution in [3.63, 3.8) is 0 Å². The maximum absolute atomic E-state index is 13.6. The van der Waals surface area contributed by atoms with Crippen molar-refractivity contribution in [3.05, 3.63) is 88.4 Å². The molecule has 0 aliphatic carbocycles. The number of alkyl halides is 3. The van der Waals surface area contributed by atoms with Crippen LogP contribution in [-0.2, 0) is 12.7 Å². The molecule has 3 rings (SSSR count). The molecule has 9 heteroatoms. The van der Waals surface area contributed by atoms with Gasteiger partial charge in [-0.1, -0.05) is 26.0 Å². The van der Waals surface area contributed by atoms with Crippen molar-refractivity contribution in [1.82, 2.24) is 4.90 Å². The normalized spacial score (nSPS) is 12.5. The molecule has 0 aliphatic rings. The number of carbonyl (C=O) groups is 1. The SMILES string of the molecule is COc1ccc(C(C)C)cc1-c1ccc(C(F)(F)F)cc1CN(C(=O)O)C(C)c1ccc[n+]([O-])c1. The van der Waals surface area contributed by atoms with Gasteiger partial charge in [-0.05, 0) is 59.9 Å². The van der Waals surface area contributed by atoms with E-state index in [1.165, 1.54) is 31.6 Å². The van der Waals surface area contributed by atoms with Crippen molar-refractivity contribution < 1.29 is 32.5 Å². The van der Waals surface area contributed by atoms with Crippen LogP contribution in [0.2, 0.25) is 0 Å². The highest BCUT2D eigenvalue weighted by molar-refractivity contribution is 5.75. The molecule has 0 fully saturated rings. The van der Waals surface area contributed by atoms with Crippen LogP contribution < -0.4 is 9.47 Å². The third-order valence-corrected chi connectivity index (χ3v) is 5.95. The molecule has 1 heterocycles. The molecule has 1 atom stereocenters. The lowest BCUT2D eigenvalue weighted by Gasteiger charge is -2.28. The second-order valence-electron chi connectivity index (χ2n) is 8.57. The predicted molar refractivity (Wildman–Crippen MR) is 125 cm³/mol. The van der Waals surface area contributed by atoms with E-state index in [2.05, 4.69) is 0 Å². The first-order chi connectivity index (χ1) is 16.4. The van der Waals surface area contributed by atoms with Crippen molar-refractivity contribution in [1.29, 1.82) is 0 Å². The molecule has 35 heavy (non-hydrogen) atoms. The predicted octanol–water partition coefficient (Wildman–Crippen LogP) is 6.38. The van der Waals surface area contributed by atoms with E-state index >= 15 is 0 Å². The highest BCUT2D eigenvalue weighted by atomic mass is 19.4. The fraction of sp³-hybridized carbons (Fsp3) is 0.308. The number of benzene rings is 2. The zero-order valence-corrected chi connectivity index (χ0v) is 19.8. The number of amides is 1.